The number of nitrogens with zero attached hydrogens (tertiary/aromatic N) is 4. The van der Waals surface area contributed by atoms with E-state index in [1.165, 1.54) is 10.4 Å². The van der Waals surface area contributed by atoms with Crippen LogP contribution in [0.25, 0.3) is 11.5 Å². The van der Waals surface area contributed by atoms with Gasteiger partial charge in [-0.05, 0) is 44.9 Å². The lowest BCUT2D eigenvalue weighted by molar-refractivity contribution is 0.423. The smallest absolute Gasteiger partial charge is 0.257 e. The normalized spacial score (nSPS) is 11.3. The molecule has 0 aliphatic heterocycles. The summed E-state index contributed by atoms with van der Waals surface area (Å²) in [5.41, 5.74) is 3.31. The van der Waals surface area contributed by atoms with E-state index in [1.807, 2.05) is 19.1 Å². The van der Waals surface area contributed by atoms with E-state index in [9.17, 15) is 0 Å². The molecule has 9 heteroatoms. The Labute approximate surface area is 205 Å². The SMILES string of the molecule is CCNC(=NCCc1nc(C)c(C)s1)NCCc1ccc(-c2nc(CC)no2)cc1.I. The van der Waals surface area contributed by atoms with Gasteiger partial charge >= 0.3 is 0 Å². The number of thiazole rings is 1. The monoisotopic (exact) mass is 554 g/mol. The van der Waals surface area contributed by atoms with Gasteiger partial charge in [0, 0.05) is 42.9 Å². The van der Waals surface area contributed by atoms with Gasteiger partial charge in [-0.3, -0.25) is 4.99 Å². The number of aliphatic imine (C=N–C) groups is 1. The Kier molecular flexibility index (Phi) is 10.4. The van der Waals surface area contributed by atoms with Gasteiger partial charge in [0.1, 0.15) is 0 Å². The Bertz CT molecular complexity index is 947. The predicted molar refractivity (Wildman–Crippen MR) is 138 cm³/mol. The average molecular weight is 555 g/mol. The second kappa shape index (κ2) is 12.7. The summed E-state index contributed by atoms with van der Waals surface area (Å²) < 4.78 is 5.30. The molecule has 31 heavy (non-hydrogen) atoms. The maximum Gasteiger partial charge on any atom is 0.257 e. The third kappa shape index (κ3) is 7.57. The summed E-state index contributed by atoms with van der Waals surface area (Å²) in [6.07, 6.45) is 2.54. The van der Waals surface area contributed by atoms with E-state index < -0.39 is 0 Å². The van der Waals surface area contributed by atoms with Crippen LogP contribution < -0.4 is 10.6 Å². The number of aryl methyl sites for hydroxylation is 3. The van der Waals surface area contributed by atoms with Crippen LogP contribution in [0.5, 0.6) is 0 Å². The molecule has 0 saturated heterocycles. The molecule has 0 unspecified atom stereocenters. The van der Waals surface area contributed by atoms with Crippen molar-refractivity contribution >= 4 is 41.3 Å². The molecule has 0 bridgehead atoms. The Morgan fingerprint density at radius 2 is 1.84 bits per heavy atom. The summed E-state index contributed by atoms with van der Waals surface area (Å²) in [4.78, 5) is 14.9. The van der Waals surface area contributed by atoms with Crippen LogP contribution in [-0.4, -0.2) is 40.7 Å². The summed E-state index contributed by atoms with van der Waals surface area (Å²) >= 11 is 1.76. The highest BCUT2D eigenvalue weighted by Crippen LogP contribution is 2.18. The minimum absolute atomic E-state index is 0. The standard InChI is InChI=1S/C22H30N6OS.HI/c1-5-19-27-21(29-28-19)18-9-7-17(8-10-18)11-13-24-22(23-6-2)25-14-12-20-26-15(3)16(4)30-20;/h7-10H,5-6,11-14H2,1-4H3,(H2,23,24,25);1H. The van der Waals surface area contributed by atoms with Gasteiger partial charge in [-0.2, -0.15) is 4.98 Å². The number of hydrogen-bond acceptors (Lipinski definition) is 6. The van der Waals surface area contributed by atoms with Gasteiger partial charge in [-0.25, -0.2) is 4.98 Å². The topological polar surface area (TPSA) is 88.2 Å². The molecule has 3 rings (SSSR count). The third-order valence-electron chi connectivity index (χ3n) is 4.70. The van der Waals surface area contributed by atoms with Crippen LogP contribution in [0, 0.1) is 13.8 Å². The van der Waals surface area contributed by atoms with E-state index in [1.54, 1.807) is 11.3 Å². The highest BCUT2D eigenvalue weighted by Gasteiger charge is 2.07. The summed E-state index contributed by atoms with van der Waals surface area (Å²) in [6, 6.07) is 8.26. The summed E-state index contributed by atoms with van der Waals surface area (Å²) in [5, 5.41) is 11.8. The number of rotatable bonds is 9. The molecule has 7 nitrogen and oxygen atoms in total. The Morgan fingerprint density at radius 1 is 1.06 bits per heavy atom. The van der Waals surface area contributed by atoms with Crippen molar-refractivity contribution < 1.29 is 4.52 Å². The molecule has 2 N–H and O–H groups in total. The van der Waals surface area contributed by atoms with Crippen molar-refractivity contribution in [2.24, 2.45) is 4.99 Å². The van der Waals surface area contributed by atoms with E-state index in [2.05, 4.69) is 63.7 Å². The molecular weight excluding hydrogens is 523 g/mol. The van der Waals surface area contributed by atoms with Gasteiger partial charge in [0.15, 0.2) is 11.8 Å². The molecule has 3 aromatic rings. The molecular formula is C22H31IN6OS. The van der Waals surface area contributed by atoms with Crippen LogP contribution in [0.4, 0.5) is 0 Å². The molecule has 0 saturated carbocycles. The first-order valence-electron chi connectivity index (χ1n) is 10.5. The van der Waals surface area contributed by atoms with E-state index in [-0.39, 0.29) is 24.0 Å². The zero-order chi connectivity index (χ0) is 21.3. The molecule has 0 aliphatic rings. The fraction of sp³-hybridized carbons (Fsp3) is 0.455. The Hall–Kier alpha value is -2.01. The van der Waals surface area contributed by atoms with E-state index in [0.717, 1.165) is 66.9 Å². The van der Waals surface area contributed by atoms with Crippen LogP contribution in [0.3, 0.4) is 0 Å². The number of guanidine groups is 1. The quantitative estimate of drug-likeness (QED) is 0.233. The maximum absolute atomic E-state index is 5.30. The molecule has 0 radical (unpaired) electrons. The number of benzene rings is 1. The average Bonchev–Trinajstić information content (AvgIpc) is 3.35. The molecule has 2 heterocycles. The zero-order valence-corrected chi connectivity index (χ0v) is 21.7. The van der Waals surface area contributed by atoms with Crippen molar-refractivity contribution in [3.8, 4) is 11.5 Å². The van der Waals surface area contributed by atoms with Crippen LogP contribution in [-0.2, 0) is 19.3 Å². The predicted octanol–water partition coefficient (Wildman–Crippen LogP) is 4.33. The van der Waals surface area contributed by atoms with E-state index in [0.29, 0.717) is 5.89 Å². The molecule has 2 aromatic heterocycles. The highest BCUT2D eigenvalue weighted by atomic mass is 127. The lowest BCUT2D eigenvalue weighted by Crippen LogP contribution is -2.38. The number of nitrogens with one attached hydrogen (secondary N) is 2. The first-order valence-corrected chi connectivity index (χ1v) is 11.3. The number of aromatic nitrogens is 3. The Morgan fingerprint density at radius 3 is 2.45 bits per heavy atom. The lowest BCUT2D eigenvalue weighted by atomic mass is 10.1. The molecule has 0 spiro atoms. The van der Waals surface area contributed by atoms with Crippen LogP contribution >= 0.6 is 35.3 Å². The summed E-state index contributed by atoms with van der Waals surface area (Å²) in [5.74, 6) is 2.15. The van der Waals surface area contributed by atoms with Gasteiger partial charge in [0.25, 0.3) is 5.89 Å². The molecule has 0 atom stereocenters. The van der Waals surface area contributed by atoms with Crippen LogP contribution in [0.2, 0.25) is 0 Å². The fourth-order valence-electron chi connectivity index (χ4n) is 2.91. The zero-order valence-electron chi connectivity index (χ0n) is 18.6. The first kappa shape index (κ1) is 25.3. The third-order valence-corrected chi connectivity index (χ3v) is 5.84. The van der Waals surface area contributed by atoms with E-state index >= 15 is 0 Å². The minimum Gasteiger partial charge on any atom is -0.357 e. The van der Waals surface area contributed by atoms with Gasteiger partial charge < -0.3 is 15.2 Å². The second-order valence-corrected chi connectivity index (χ2v) is 8.29. The maximum atomic E-state index is 5.30. The molecule has 168 valence electrons. The molecule has 0 aliphatic carbocycles. The van der Waals surface area contributed by atoms with Gasteiger partial charge in [0.05, 0.1) is 10.7 Å². The van der Waals surface area contributed by atoms with Gasteiger partial charge in [0.2, 0.25) is 0 Å². The van der Waals surface area contributed by atoms with Crippen LogP contribution in [0.15, 0.2) is 33.8 Å². The number of hydrogen-bond donors (Lipinski definition) is 2. The molecule has 0 fully saturated rings. The minimum atomic E-state index is 0. The molecule has 1 aromatic carbocycles. The largest absolute Gasteiger partial charge is 0.357 e. The van der Waals surface area contributed by atoms with Crippen molar-refractivity contribution in [1.82, 2.24) is 25.8 Å². The fourth-order valence-corrected chi connectivity index (χ4v) is 3.83. The lowest BCUT2D eigenvalue weighted by Gasteiger charge is -2.11. The van der Waals surface area contributed by atoms with Crippen molar-refractivity contribution in [2.45, 2.75) is 47.0 Å². The van der Waals surface area contributed by atoms with Gasteiger partial charge in [-0.1, -0.05) is 24.2 Å². The summed E-state index contributed by atoms with van der Waals surface area (Å²) in [6.45, 7) is 10.6. The van der Waals surface area contributed by atoms with Crippen molar-refractivity contribution in [3.63, 3.8) is 0 Å². The van der Waals surface area contributed by atoms with Crippen LogP contribution in [0.1, 0.15) is 40.8 Å². The van der Waals surface area contributed by atoms with Crippen molar-refractivity contribution in [1.29, 1.82) is 0 Å². The first-order chi connectivity index (χ1) is 14.6. The van der Waals surface area contributed by atoms with E-state index in [4.69, 9.17) is 4.52 Å². The highest BCUT2D eigenvalue weighted by molar-refractivity contribution is 14.0. The van der Waals surface area contributed by atoms with Crippen molar-refractivity contribution in [2.75, 3.05) is 19.6 Å². The molecule has 0 amide bonds. The number of halogens is 1. The Balaban J connectivity index is 0.00000341. The van der Waals surface area contributed by atoms with Crippen molar-refractivity contribution in [3.05, 3.63) is 51.2 Å². The van der Waals surface area contributed by atoms with Gasteiger partial charge in [-0.15, -0.1) is 35.3 Å². The second-order valence-electron chi connectivity index (χ2n) is 7.00. The summed E-state index contributed by atoms with van der Waals surface area (Å²) in [7, 11) is 0.